The first-order valence-corrected chi connectivity index (χ1v) is 9.53. The number of hydrogen-bond donors (Lipinski definition) is 0. The maximum Gasteiger partial charge on any atom is 0.413 e. The lowest BCUT2D eigenvalue weighted by molar-refractivity contribution is -0.658. The van der Waals surface area contributed by atoms with Crippen molar-refractivity contribution in [2.75, 3.05) is 4.81 Å². The lowest BCUT2D eigenvalue weighted by Crippen LogP contribution is -2.52. The van der Waals surface area contributed by atoms with Crippen LogP contribution < -0.4 is 14.8 Å². The van der Waals surface area contributed by atoms with Crippen molar-refractivity contribution in [3.63, 3.8) is 0 Å². The van der Waals surface area contributed by atoms with Crippen LogP contribution in [-0.2, 0) is 7.05 Å². The highest BCUT2D eigenvalue weighted by molar-refractivity contribution is 6.79. The second-order valence-corrected chi connectivity index (χ2v) is 7.32. The minimum absolute atomic E-state index is 0.141. The van der Waals surface area contributed by atoms with E-state index in [0.29, 0.717) is 5.71 Å². The minimum Gasteiger partial charge on any atom is -0.439 e. The molecule has 1 aromatic carbocycles. The van der Waals surface area contributed by atoms with E-state index in [9.17, 15) is 0 Å². The molecular formula is C23H21BN3O+. The highest BCUT2D eigenvalue weighted by atomic mass is 16.3. The van der Waals surface area contributed by atoms with Crippen molar-refractivity contribution < 1.29 is 8.98 Å². The predicted octanol–water partition coefficient (Wildman–Crippen LogP) is 4.03. The van der Waals surface area contributed by atoms with E-state index in [1.807, 2.05) is 12.1 Å². The average molecular weight is 366 g/mol. The molecular weight excluding hydrogens is 345 g/mol. The molecule has 1 aliphatic heterocycles. The number of aromatic nitrogens is 2. The Kier molecular flexibility index (Phi) is 3.83. The van der Waals surface area contributed by atoms with Gasteiger partial charge >= 0.3 is 6.85 Å². The van der Waals surface area contributed by atoms with E-state index in [-0.39, 0.29) is 6.85 Å². The van der Waals surface area contributed by atoms with Gasteiger partial charge in [-0.2, -0.15) is 0 Å². The van der Waals surface area contributed by atoms with Crippen LogP contribution in [0.5, 0.6) is 0 Å². The van der Waals surface area contributed by atoms with E-state index in [0.717, 1.165) is 22.7 Å². The van der Waals surface area contributed by atoms with Crippen LogP contribution >= 0.6 is 0 Å². The van der Waals surface area contributed by atoms with E-state index in [1.165, 1.54) is 16.6 Å². The molecule has 3 aromatic heterocycles. The quantitative estimate of drug-likeness (QED) is 0.397. The highest BCUT2D eigenvalue weighted by Gasteiger charge is 2.40. The van der Waals surface area contributed by atoms with Gasteiger partial charge in [-0.15, -0.1) is 0 Å². The van der Waals surface area contributed by atoms with Gasteiger partial charge in [0.15, 0.2) is 0 Å². The Morgan fingerprint density at radius 3 is 2.68 bits per heavy atom. The van der Waals surface area contributed by atoms with Gasteiger partial charge in [-0.25, -0.2) is 9.55 Å². The molecule has 0 spiro atoms. The summed E-state index contributed by atoms with van der Waals surface area (Å²) in [5.41, 5.74) is 5.47. The molecule has 4 heterocycles. The molecule has 0 fully saturated rings. The zero-order valence-electron chi connectivity index (χ0n) is 16.3. The summed E-state index contributed by atoms with van der Waals surface area (Å²) < 4.78 is 8.19. The molecule has 0 N–H and O–H groups in total. The Morgan fingerprint density at radius 2 is 1.86 bits per heavy atom. The van der Waals surface area contributed by atoms with Crippen LogP contribution in [0.3, 0.4) is 0 Å². The molecule has 28 heavy (non-hydrogen) atoms. The first-order valence-electron chi connectivity index (χ1n) is 9.53. The molecule has 0 saturated carbocycles. The Bertz CT molecular complexity index is 1210. The van der Waals surface area contributed by atoms with Gasteiger partial charge in [-0.1, -0.05) is 30.3 Å². The molecule has 5 heteroatoms. The van der Waals surface area contributed by atoms with Crippen molar-refractivity contribution >= 4 is 35.3 Å². The van der Waals surface area contributed by atoms with Crippen LogP contribution in [0.1, 0.15) is 12.7 Å². The van der Waals surface area contributed by atoms with E-state index in [2.05, 4.69) is 89.9 Å². The topological polar surface area (TPSA) is 33.2 Å². The summed E-state index contributed by atoms with van der Waals surface area (Å²) in [6.45, 7) is 4.50. The number of nitrogens with zero attached hydrogens (tertiary/aromatic N) is 3. The van der Waals surface area contributed by atoms with Crippen molar-refractivity contribution in [3.8, 4) is 11.1 Å². The third-order valence-electron chi connectivity index (χ3n) is 5.54. The zero-order valence-corrected chi connectivity index (χ0v) is 16.3. The lowest BCUT2D eigenvalue weighted by Gasteiger charge is -2.26. The normalized spacial score (nSPS) is 13.6. The summed E-state index contributed by atoms with van der Waals surface area (Å²) in [6, 6.07) is 19.0. The number of allylic oxidation sites excluding steroid dienone is 1. The third-order valence-corrected chi connectivity index (χ3v) is 5.54. The van der Waals surface area contributed by atoms with E-state index >= 15 is 0 Å². The molecule has 0 unspecified atom stereocenters. The molecule has 4 nitrogen and oxygen atoms in total. The summed E-state index contributed by atoms with van der Waals surface area (Å²) >= 11 is 0. The summed E-state index contributed by atoms with van der Waals surface area (Å²) in [7, 11) is 2.09. The summed E-state index contributed by atoms with van der Waals surface area (Å²) in [5, 5.41) is 1.08. The highest BCUT2D eigenvalue weighted by Crippen LogP contribution is 2.30. The number of benzene rings is 1. The minimum atomic E-state index is 0.141. The SMILES string of the molecule is CB1c2c(oc3ncccc23)C=C(C)N1c1cc(-c2ccccc2)cc[n+]1C. The smallest absolute Gasteiger partial charge is 0.413 e. The van der Waals surface area contributed by atoms with Crippen LogP contribution in [-0.4, -0.2) is 11.8 Å². The number of anilines is 1. The number of aryl methyl sites for hydroxylation is 1. The monoisotopic (exact) mass is 366 g/mol. The van der Waals surface area contributed by atoms with Crippen molar-refractivity contribution in [2.24, 2.45) is 7.05 Å². The maximum atomic E-state index is 6.02. The third kappa shape index (κ3) is 2.54. The van der Waals surface area contributed by atoms with Gasteiger partial charge in [0.2, 0.25) is 5.71 Å². The maximum absolute atomic E-state index is 6.02. The Hall–Kier alpha value is -3.34. The average Bonchev–Trinajstić information content (AvgIpc) is 3.08. The molecule has 0 amide bonds. The summed E-state index contributed by atoms with van der Waals surface area (Å²) in [6.07, 6.45) is 6.02. The second kappa shape index (κ2) is 6.38. The fourth-order valence-electron chi connectivity index (χ4n) is 4.19. The van der Waals surface area contributed by atoms with Gasteiger partial charge in [-0.3, -0.25) is 4.81 Å². The van der Waals surface area contributed by atoms with Gasteiger partial charge < -0.3 is 4.42 Å². The Morgan fingerprint density at radius 1 is 1.04 bits per heavy atom. The number of furan rings is 1. The van der Waals surface area contributed by atoms with Gasteiger partial charge in [-0.05, 0) is 43.1 Å². The molecule has 0 atom stereocenters. The summed E-state index contributed by atoms with van der Waals surface area (Å²) in [4.78, 5) is 6.77. The second-order valence-electron chi connectivity index (χ2n) is 7.32. The van der Waals surface area contributed by atoms with Crippen LogP contribution in [0.2, 0.25) is 6.82 Å². The predicted molar refractivity (Wildman–Crippen MR) is 114 cm³/mol. The fraction of sp³-hybridized carbons (Fsp3) is 0.130. The Labute approximate surface area is 164 Å². The molecule has 0 bridgehead atoms. The fourth-order valence-corrected chi connectivity index (χ4v) is 4.19. The standard InChI is InChI=1S/C23H21BN3O/c1-16-14-20-22(19-10-7-12-25-23(19)28-20)24(2)27(16)21-15-18(11-13-26(21)3)17-8-5-4-6-9-17/h4-15H,1-3H3/q+1. The van der Waals surface area contributed by atoms with Crippen molar-refractivity contribution in [1.29, 1.82) is 0 Å². The number of rotatable bonds is 2. The molecule has 136 valence electrons. The number of hydrogen-bond acceptors (Lipinski definition) is 3. The molecule has 5 rings (SSSR count). The van der Waals surface area contributed by atoms with Crippen molar-refractivity contribution in [2.45, 2.75) is 13.7 Å². The molecule has 0 aliphatic carbocycles. The van der Waals surface area contributed by atoms with Gasteiger partial charge in [0.05, 0.1) is 18.9 Å². The van der Waals surface area contributed by atoms with Gasteiger partial charge in [0.25, 0.3) is 5.82 Å². The lowest BCUT2D eigenvalue weighted by atomic mass is 9.54. The van der Waals surface area contributed by atoms with Gasteiger partial charge in [0.1, 0.15) is 5.76 Å². The van der Waals surface area contributed by atoms with E-state index < -0.39 is 0 Å². The molecule has 1 aliphatic rings. The van der Waals surface area contributed by atoms with Crippen molar-refractivity contribution in [3.05, 3.63) is 78.4 Å². The van der Waals surface area contributed by atoms with Crippen LogP contribution in [0.25, 0.3) is 28.3 Å². The molecule has 4 aromatic rings. The van der Waals surface area contributed by atoms with E-state index in [1.54, 1.807) is 6.20 Å². The Balaban J connectivity index is 1.66. The van der Waals surface area contributed by atoms with Gasteiger partial charge in [0, 0.05) is 29.2 Å². The van der Waals surface area contributed by atoms with Crippen LogP contribution in [0, 0.1) is 0 Å². The number of pyridine rings is 2. The number of fused-ring (bicyclic) bond motifs is 3. The van der Waals surface area contributed by atoms with Crippen LogP contribution in [0.15, 0.2) is 77.1 Å². The largest absolute Gasteiger partial charge is 0.439 e. The van der Waals surface area contributed by atoms with Crippen molar-refractivity contribution in [1.82, 2.24) is 4.98 Å². The molecule has 0 saturated heterocycles. The summed E-state index contributed by atoms with van der Waals surface area (Å²) in [5.74, 6) is 2.06. The molecule has 0 radical (unpaired) electrons. The first-order chi connectivity index (χ1) is 13.6. The van der Waals surface area contributed by atoms with E-state index in [4.69, 9.17) is 4.42 Å². The first kappa shape index (κ1) is 16.8. The van der Waals surface area contributed by atoms with Crippen LogP contribution in [0.4, 0.5) is 5.82 Å². The zero-order chi connectivity index (χ0) is 19.3.